The van der Waals surface area contributed by atoms with Crippen LogP contribution in [0, 0.1) is 5.92 Å². The highest BCUT2D eigenvalue weighted by Crippen LogP contribution is 2.39. The Kier molecular flexibility index (Phi) is 2.54. The van der Waals surface area contributed by atoms with Crippen LogP contribution in [0.15, 0.2) is 22.7 Å². The third-order valence-corrected chi connectivity index (χ3v) is 3.91. The minimum Gasteiger partial charge on any atom is -0.367 e. The molecule has 0 amide bonds. The fourth-order valence-electron chi connectivity index (χ4n) is 2.38. The summed E-state index contributed by atoms with van der Waals surface area (Å²) in [6.07, 6.45) is 3.10. The van der Waals surface area contributed by atoms with Crippen molar-refractivity contribution in [2.45, 2.75) is 18.9 Å². The van der Waals surface area contributed by atoms with Crippen LogP contribution in [-0.4, -0.2) is 24.7 Å². The predicted molar refractivity (Wildman–Crippen MR) is 68.4 cm³/mol. The van der Waals surface area contributed by atoms with E-state index in [0.29, 0.717) is 18.2 Å². The molecule has 0 aromatic heterocycles. The maximum atomic E-state index is 12.1. The van der Waals surface area contributed by atoms with Gasteiger partial charge in [0.05, 0.1) is 5.92 Å². The van der Waals surface area contributed by atoms with Gasteiger partial charge in [-0.3, -0.25) is 4.79 Å². The number of fused-ring (bicyclic) bond motifs is 1. The van der Waals surface area contributed by atoms with E-state index in [1.165, 1.54) is 0 Å². The van der Waals surface area contributed by atoms with E-state index in [4.69, 9.17) is 0 Å². The standard InChI is InChI=1S/C13H12BrNO2/c14-9-1-4-11-12(5-9)15(10-2-3-10)6-8(7-16)13(11)17/h1,4-5,7-8,10H,2-3,6H2. The minimum atomic E-state index is -0.496. The van der Waals surface area contributed by atoms with Crippen molar-refractivity contribution in [3.63, 3.8) is 0 Å². The van der Waals surface area contributed by atoms with Crippen LogP contribution in [0.4, 0.5) is 5.69 Å². The first kappa shape index (κ1) is 11.0. The Morgan fingerprint density at radius 1 is 1.35 bits per heavy atom. The molecule has 1 atom stereocenters. The van der Waals surface area contributed by atoms with Gasteiger partial charge >= 0.3 is 0 Å². The molecule has 1 aliphatic heterocycles. The molecule has 0 spiro atoms. The Labute approximate surface area is 108 Å². The highest BCUT2D eigenvalue weighted by molar-refractivity contribution is 9.10. The summed E-state index contributed by atoms with van der Waals surface area (Å²) in [5.41, 5.74) is 1.66. The summed E-state index contributed by atoms with van der Waals surface area (Å²) < 4.78 is 0.972. The average molecular weight is 294 g/mol. The zero-order chi connectivity index (χ0) is 12.0. The molecule has 2 aliphatic rings. The molecule has 0 N–H and O–H groups in total. The number of benzene rings is 1. The second kappa shape index (κ2) is 3.95. The number of anilines is 1. The zero-order valence-electron chi connectivity index (χ0n) is 9.23. The number of aldehydes is 1. The van der Waals surface area contributed by atoms with Gasteiger partial charge in [-0.2, -0.15) is 0 Å². The lowest BCUT2D eigenvalue weighted by Gasteiger charge is -2.33. The van der Waals surface area contributed by atoms with Crippen LogP contribution in [0.5, 0.6) is 0 Å². The molecular formula is C13H12BrNO2. The summed E-state index contributed by atoms with van der Waals surface area (Å²) in [7, 11) is 0. The van der Waals surface area contributed by atoms with Crippen LogP contribution in [0.25, 0.3) is 0 Å². The summed E-state index contributed by atoms with van der Waals surface area (Å²) >= 11 is 3.43. The monoisotopic (exact) mass is 293 g/mol. The highest BCUT2D eigenvalue weighted by atomic mass is 79.9. The number of Topliss-reactive ketones (excluding diaryl/α,β-unsaturated/α-hetero) is 1. The van der Waals surface area contributed by atoms with E-state index in [1.54, 1.807) is 0 Å². The lowest BCUT2D eigenvalue weighted by Crippen LogP contribution is -2.41. The molecule has 4 heteroatoms. The smallest absolute Gasteiger partial charge is 0.176 e. The van der Waals surface area contributed by atoms with E-state index < -0.39 is 5.92 Å². The third kappa shape index (κ3) is 1.80. The minimum absolute atomic E-state index is 0.0422. The maximum absolute atomic E-state index is 12.1. The molecule has 1 aromatic carbocycles. The van der Waals surface area contributed by atoms with Gasteiger partial charge in [-0.15, -0.1) is 0 Å². The van der Waals surface area contributed by atoms with Gasteiger partial charge in [0.2, 0.25) is 0 Å². The van der Waals surface area contributed by atoms with Gasteiger partial charge in [0.1, 0.15) is 6.29 Å². The molecule has 0 saturated heterocycles. The number of carbonyl (C=O) groups is 2. The SMILES string of the molecule is O=CC1CN(C2CC2)c2cc(Br)ccc2C1=O. The number of carbonyl (C=O) groups excluding carboxylic acids is 2. The molecule has 1 fully saturated rings. The second-order valence-corrected chi connectivity index (χ2v) is 5.57. The number of halogens is 1. The van der Waals surface area contributed by atoms with E-state index >= 15 is 0 Å². The fourth-order valence-corrected chi connectivity index (χ4v) is 2.73. The van der Waals surface area contributed by atoms with Gasteiger partial charge < -0.3 is 9.69 Å². The largest absolute Gasteiger partial charge is 0.367 e. The van der Waals surface area contributed by atoms with Gasteiger partial charge in [-0.1, -0.05) is 15.9 Å². The summed E-state index contributed by atoms with van der Waals surface area (Å²) in [6, 6.07) is 6.16. The van der Waals surface area contributed by atoms with E-state index in [9.17, 15) is 9.59 Å². The van der Waals surface area contributed by atoms with Crippen LogP contribution < -0.4 is 4.90 Å². The van der Waals surface area contributed by atoms with E-state index in [1.807, 2.05) is 18.2 Å². The van der Waals surface area contributed by atoms with Crippen molar-refractivity contribution in [3.8, 4) is 0 Å². The zero-order valence-corrected chi connectivity index (χ0v) is 10.8. The fraction of sp³-hybridized carbons (Fsp3) is 0.385. The molecule has 1 aromatic rings. The number of rotatable bonds is 2. The quantitative estimate of drug-likeness (QED) is 0.621. The molecule has 17 heavy (non-hydrogen) atoms. The average Bonchev–Trinajstić information content (AvgIpc) is 3.13. The van der Waals surface area contributed by atoms with Crippen molar-refractivity contribution < 1.29 is 9.59 Å². The topological polar surface area (TPSA) is 37.4 Å². The first-order chi connectivity index (χ1) is 8.20. The number of hydrogen-bond donors (Lipinski definition) is 0. The molecule has 0 radical (unpaired) electrons. The van der Waals surface area contributed by atoms with Crippen molar-refractivity contribution in [2.75, 3.05) is 11.4 Å². The van der Waals surface area contributed by atoms with Crippen LogP contribution >= 0.6 is 15.9 Å². The molecule has 0 bridgehead atoms. The van der Waals surface area contributed by atoms with Crippen molar-refractivity contribution >= 4 is 33.7 Å². The Hall–Kier alpha value is -1.16. The Bertz CT molecular complexity index is 496. The van der Waals surface area contributed by atoms with Crippen LogP contribution in [0.3, 0.4) is 0 Å². The van der Waals surface area contributed by atoms with Crippen LogP contribution in [0.2, 0.25) is 0 Å². The van der Waals surface area contributed by atoms with Crippen LogP contribution in [0.1, 0.15) is 23.2 Å². The van der Waals surface area contributed by atoms with Crippen LogP contribution in [-0.2, 0) is 4.79 Å². The first-order valence-corrected chi connectivity index (χ1v) is 6.55. The Morgan fingerprint density at radius 3 is 2.76 bits per heavy atom. The first-order valence-electron chi connectivity index (χ1n) is 5.76. The normalized spacial score (nSPS) is 23.5. The van der Waals surface area contributed by atoms with Crippen molar-refractivity contribution in [2.24, 2.45) is 5.92 Å². The van der Waals surface area contributed by atoms with Gasteiger partial charge in [0.25, 0.3) is 0 Å². The summed E-state index contributed by atoms with van der Waals surface area (Å²) in [4.78, 5) is 25.3. The molecular weight excluding hydrogens is 282 g/mol. The summed E-state index contributed by atoms with van der Waals surface area (Å²) in [5, 5.41) is 0. The molecule has 88 valence electrons. The Morgan fingerprint density at radius 2 is 2.12 bits per heavy atom. The van der Waals surface area contributed by atoms with Gasteiger partial charge in [-0.05, 0) is 31.0 Å². The van der Waals surface area contributed by atoms with Crippen molar-refractivity contribution in [3.05, 3.63) is 28.2 Å². The number of ketones is 1. The third-order valence-electron chi connectivity index (χ3n) is 3.42. The number of hydrogen-bond acceptors (Lipinski definition) is 3. The molecule has 1 saturated carbocycles. The number of nitrogens with zero attached hydrogens (tertiary/aromatic N) is 1. The van der Waals surface area contributed by atoms with Gasteiger partial charge in [-0.25, -0.2) is 0 Å². The van der Waals surface area contributed by atoms with E-state index in [0.717, 1.165) is 29.3 Å². The van der Waals surface area contributed by atoms with Gasteiger partial charge in [0, 0.05) is 28.3 Å². The molecule has 1 unspecified atom stereocenters. The summed E-state index contributed by atoms with van der Waals surface area (Å²) in [6.45, 7) is 0.538. The van der Waals surface area contributed by atoms with E-state index in [2.05, 4.69) is 20.8 Å². The maximum Gasteiger partial charge on any atom is 0.176 e. The van der Waals surface area contributed by atoms with Crippen molar-refractivity contribution in [1.82, 2.24) is 0 Å². The lowest BCUT2D eigenvalue weighted by atomic mass is 9.92. The summed E-state index contributed by atoms with van der Waals surface area (Å²) in [5.74, 6) is -0.538. The molecule has 1 heterocycles. The second-order valence-electron chi connectivity index (χ2n) is 4.65. The van der Waals surface area contributed by atoms with E-state index in [-0.39, 0.29) is 5.78 Å². The molecule has 1 aliphatic carbocycles. The molecule has 3 nitrogen and oxygen atoms in total. The van der Waals surface area contributed by atoms with Gasteiger partial charge in [0.15, 0.2) is 5.78 Å². The molecule has 3 rings (SSSR count). The Balaban J connectivity index is 2.10. The van der Waals surface area contributed by atoms with Crippen molar-refractivity contribution in [1.29, 1.82) is 0 Å². The highest BCUT2D eigenvalue weighted by Gasteiger charge is 2.38. The lowest BCUT2D eigenvalue weighted by molar-refractivity contribution is -0.109. The predicted octanol–water partition coefficient (Wildman–Crippen LogP) is 2.43.